The number of amides is 9. The van der Waals surface area contributed by atoms with Gasteiger partial charge in [-0.25, -0.2) is 4.98 Å². The van der Waals surface area contributed by atoms with Crippen molar-refractivity contribution >= 4 is 75.4 Å². The molecular formula is C47H67N13O9S. The van der Waals surface area contributed by atoms with Gasteiger partial charge in [-0.1, -0.05) is 58.9 Å². The molecular weight excluding hydrogens is 923 g/mol. The molecule has 0 bridgehead atoms. The first-order chi connectivity index (χ1) is 33.0. The number of carbonyl (C=O) groups is 9. The van der Waals surface area contributed by atoms with Crippen LogP contribution in [0.3, 0.4) is 0 Å². The summed E-state index contributed by atoms with van der Waals surface area (Å²) in [7, 11) is 1.42. The van der Waals surface area contributed by atoms with Gasteiger partial charge in [0.15, 0.2) is 0 Å². The first kappa shape index (κ1) is 55.5. The number of imidazole rings is 1. The van der Waals surface area contributed by atoms with Gasteiger partial charge >= 0.3 is 0 Å². The van der Waals surface area contributed by atoms with Crippen LogP contribution in [0.4, 0.5) is 0 Å². The third-order valence-corrected chi connectivity index (χ3v) is 12.5. The second-order valence-corrected chi connectivity index (χ2v) is 19.6. The molecule has 1 unspecified atom stereocenters. The predicted octanol–water partition coefficient (Wildman–Crippen LogP) is -0.462. The summed E-state index contributed by atoms with van der Waals surface area (Å²) in [5.41, 5.74) is 18.2. The molecule has 70 heavy (non-hydrogen) atoms. The van der Waals surface area contributed by atoms with E-state index in [9.17, 15) is 43.2 Å². The Balaban J connectivity index is 1.40. The second kappa shape index (κ2) is 25.5. The van der Waals surface area contributed by atoms with Crippen LogP contribution < -0.4 is 49.1 Å². The van der Waals surface area contributed by atoms with Crippen molar-refractivity contribution in [2.24, 2.45) is 28.5 Å². The van der Waals surface area contributed by atoms with Crippen molar-refractivity contribution in [1.82, 2.24) is 51.8 Å². The monoisotopic (exact) mass is 989 g/mol. The highest BCUT2D eigenvalue weighted by molar-refractivity contribution is 7.09. The van der Waals surface area contributed by atoms with Gasteiger partial charge in [0.2, 0.25) is 53.2 Å². The van der Waals surface area contributed by atoms with E-state index in [1.165, 1.54) is 42.7 Å². The fourth-order valence-electron chi connectivity index (χ4n) is 7.47. The van der Waals surface area contributed by atoms with E-state index < -0.39 is 107 Å². The van der Waals surface area contributed by atoms with E-state index in [4.69, 9.17) is 17.2 Å². The molecule has 380 valence electrons. The van der Waals surface area contributed by atoms with E-state index in [2.05, 4.69) is 46.9 Å². The molecule has 0 spiro atoms. The second-order valence-electron chi connectivity index (χ2n) is 18.6. The minimum absolute atomic E-state index is 0.0155. The molecule has 3 aromatic heterocycles. The van der Waals surface area contributed by atoms with Crippen LogP contribution in [0, 0.1) is 11.3 Å². The van der Waals surface area contributed by atoms with Gasteiger partial charge in [-0.2, -0.15) is 0 Å². The molecule has 4 aromatic rings. The Kier molecular flexibility index (Phi) is 20.2. The van der Waals surface area contributed by atoms with E-state index >= 15 is 0 Å². The Morgan fingerprint density at radius 1 is 0.757 bits per heavy atom. The van der Waals surface area contributed by atoms with Crippen molar-refractivity contribution in [3.05, 3.63) is 76.6 Å². The average Bonchev–Trinajstić information content (AvgIpc) is 4.10. The highest BCUT2D eigenvalue weighted by atomic mass is 32.1. The fraction of sp³-hybridized carbons (Fsp3) is 0.489. The van der Waals surface area contributed by atoms with E-state index in [0.29, 0.717) is 11.3 Å². The molecule has 0 saturated heterocycles. The lowest BCUT2D eigenvalue weighted by Gasteiger charge is -2.32. The summed E-state index contributed by atoms with van der Waals surface area (Å²) in [5.74, 6) is -6.47. The van der Waals surface area contributed by atoms with Crippen LogP contribution in [-0.2, 0) is 62.4 Å². The summed E-state index contributed by atoms with van der Waals surface area (Å²) in [6.45, 7) is 9.84. The van der Waals surface area contributed by atoms with Crippen LogP contribution in [0.25, 0.3) is 10.9 Å². The lowest BCUT2D eigenvalue weighted by atomic mass is 9.86. The quantitative estimate of drug-likeness (QED) is 0.0382. The zero-order valence-electron chi connectivity index (χ0n) is 40.6. The Labute approximate surface area is 410 Å². The molecule has 23 heteroatoms. The smallest absolute Gasteiger partial charge is 0.243 e. The van der Waals surface area contributed by atoms with Crippen molar-refractivity contribution in [1.29, 1.82) is 0 Å². The van der Waals surface area contributed by atoms with E-state index in [0.717, 1.165) is 15.8 Å². The molecule has 9 amide bonds. The number of aromatic nitrogens is 3. The van der Waals surface area contributed by atoms with Crippen LogP contribution in [0.2, 0.25) is 0 Å². The number of likely N-dealkylation sites (N-methyl/N-ethyl adjacent to an activating group) is 1. The molecule has 1 aromatic carbocycles. The summed E-state index contributed by atoms with van der Waals surface area (Å²) in [6.07, 6.45) is 4.25. The maximum atomic E-state index is 14.1. The van der Waals surface area contributed by atoms with Crippen molar-refractivity contribution in [2.75, 3.05) is 13.6 Å². The number of hydrogen-bond donors (Lipinski definition) is 11. The standard InChI is InChI=1S/C47H67N13O9S/c1-25(2)38(58-43(66)33(56-42(65)31(48)14-15-36(49)61)19-27-22-53-32-13-9-8-12-30(27)32)46(69)55-26(3)41(64)52-17-16-37(62)60(7)35(20-28-23-51-24-54-28)45(68)57-34(21-29-11-10-18-70-29)44(67)59-39(40(50)63)47(4,5)6/h8-13,18,22-26,31,33-35,38-39,53H,14-17,19-21,48H2,1-7H3,(H2,49,61)(H2,50,63)(H,51,54)(H,52,64)(H,55,69)(H,56,65)(H,57,68)(H,58,66)(H,59,67)/t26-,31-,33-,34-,35-,38-,39?/m0/s1. The van der Waals surface area contributed by atoms with Crippen LogP contribution >= 0.6 is 11.3 Å². The summed E-state index contributed by atoms with van der Waals surface area (Å²) >= 11 is 1.37. The van der Waals surface area contributed by atoms with Gasteiger partial charge < -0.3 is 64.0 Å². The molecule has 14 N–H and O–H groups in total. The van der Waals surface area contributed by atoms with Crippen LogP contribution in [-0.4, -0.2) is 129 Å². The molecule has 0 saturated carbocycles. The highest BCUT2D eigenvalue weighted by Gasteiger charge is 2.37. The highest BCUT2D eigenvalue weighted by Crippen LogP contribution is 2.21. The van der Waals surface area contributed by atoms with E-state index in [1.54, 1.807) is 52.9 Å². The maximum absolute atomic E-state index is 14.1. The van der Waals surface area contributed by atoms with E-state index in [1.807, 2.05) is 29.6 Å². The van der Waals surface area contributed by atoms with E-state index in [-0.39, 0.29) is 45.1 Å². The number of carbonyl (C=O) groups excluding carboxylic acids is 9. The molecule has 22 nitrogen and oxygen atoms in total. The maximum Gasteiger partial charge on any atom is 0.243 e. The van der Waals surface area contributed by atoms with Gasteiger partial charge in [-0.3, -0.25) is 43.2 Å². The number of fused-ring (bicyclic) bond motifs is 1. The molecule has 3 heterocycles. The van der Waals surface area contributed by atoms with Gasteiger partial charge in [0.1, 0.15) is 36.3 Å². The number of hydrogen-bond acceptors (Lipinski definition) is 12. The van der Waals surface area contributed by atoms with Gasteiger partial charge in [0.25, 0.3) is 0 Å². The number of nitrogens with two attached hydrogens (primary N) is 3. The molecule has 0 aliphatic rings. The lowest BCUT2D eigenvalue weighted by Crippen LogP contribution is -2.59. The summed E-state index contributed by atoms with van der Waals surface area (Å²) < 4.78 is 0. The fourth-order valence-corrected chi connectivity index (χ4v) is 8.22. The third kappa shape index (κ3) is 16.2. The number of H-pyrrole nitrogens is 2. The Morgan fingerprint density at radius 3 is 2.04 bits per heavy atom. The minimum Gasteiger partial charge on any atom is -0.370 e. The largest absolute Gasteiger partial charge is 0.370 e. The lowest BCUT2D eigenvalue weighted by molar-refractivity contribution is -0.140. The number of rotatable bonds is 26. The van der Waals surface area contributed by atoms with Crippen LogP contribution in [0.1, 0.15) is 76.9 Å². The number of primary amides is 2. The molecule has 0 radical (unpaired) electrons. The minimum atomic E-state index is -1.21. The zero-order valence-corrected chi connectivity index (χ0v) is 41.4. The van der Waals surface area contributed by atoms with Gasteiger partial charge in [-0.15, -0.1) is 11.3 Å². The molecule has 0 fully saturated rings. The average molecular weight is 990 g/mol. The number of thiophene rings is 1. The summed E-state index contributed by atoms with van der Waals surface area (Å²) in [5, 5.41) is 18.7. The zero-order chi connectivity index (χ0) is 51.9. The SMILES string of the molecule is CC(C)[C@H](NC(=O)[C@H](Cc1c[nH]c2ccccc12)NC(=O)[C@@H](N)CCC(N)=O)C(=O)N[C@@H](C)C(=O)NCCC(=O)N(C)[C@@H](Cc1cnc[nH]1)C(=O)N[C@@H](Cc1cccs1)C(=O)NC(C(N)=O)C(C)(C)C. The number of nitrogens with zero attached hydrogens (tertiary/aromatic N) is 2. The Hall–Kier alpha value is -7.14. The number of para-hydroxylation sites is 1. The number of nitrogens with one attached hydrogen (secondary N) is 8. The normalized spacial score (nSPS) is 14.5. The first-order valence-corrected chi connectivity index (χ1v) is 23.8. The van der Waals surface area contributed by atoms with Crippen molar-refractivity contribution in [3.63, 3.8) is 0 Å². The summed E-state index contributed by atoms with van der Waals surface area (Å²) in [6, 6.07) is 2.96. The Bertz CT molecular complexity index is 2450. The molecule has 7 atom stereocenters. The van der Waals surface area contributed by atoms with Crippen molar-refractivity contribution in [2.45, 2.75) is 122 Å². The number of aromatic amines is 2. The van der Waals surface area contributed by atoms with Gasteiger partial charge in [-0.05, 0) is 47.8 Å². The predicted molar refractivity (Wildman–Crippen MR) is 262 cm³/mol. The van der Waals surface area contributed by atoms with Gasteiger partial charge in [0, 0.05) is 79.6 Å². The summed E-state index contributed by atoms with van der Waals surface area (Å²) in [4.78, 5) is 131. The molecule has 0 aliphatic carbocycles. The Morgan fingerprint density at radius 2 is 1.43 bits per heavy atom. The van der Waals surface area contributed by atoms with Gasteiger partial charge in [0.05, 0.1) is 12.4 Å². The van der Waals surface area contributed by atoms with Crippen molar-refractivity contribution in [3.8, 4) is 0 Å². The molecule has 0 aliphatic heterocycles. The molecule has 4 rings (SSSR count). The van der Waals surface area contributed by atoms with Crippen molar-refractivity contribution < 1.29 is 43.2 Å². The topological polar surface area (TPSA) is 352 Å². The third-order valence-electron chi connectivity index (χ3n) is 11.6. The first-order valence-electron chi connectivity index (χ1n) is 22.9. The van der Waals surface area contributed by atoms with Crippen LogP contribution in [0.5, 0.6) is 0 Å². The van der Waals surface area contributed by atoms with Crippen LogP contribution in [0.15, 0.2) is 60.5 Å². The number of benzene rings is 1.